The molecule has 0 saturated carbocycles. The molecule has 0 aliphatic rings. The average Bonchev–Trinajstić information content (AvgIpc) is 2.35. The van der Waals surface area contributed by atoms with Crippen molar-refractivity contribution in [3.8, 4) is 0 Å². The van der Waals surface area contributed by atoms with Crippen LogP contribution in [0.2, 0.25) is 0 Å². The van der Waals surface area contributed by atoms with Gasteiger partial charge in [0.2, 0.25) is 0 Å². The Morgan fingerprint density at radius 1 is 1.24 bits per heavy atom. The highest BCUT2D eigenvalue weighted by Gasteiger charge is 2.26. The minimum atomic E-state index is -1.51. The zero-order chi connectivity index (χ0) is 16.2. The summed E-state index contributed by atoms with van der Waals surface area (Å²) in [6.07, 6.45) is 1.02. The van der Waals surface area contributed by atoms with Crippen molar-refractivity contribution in [1.82, 2.24) is 15.3 Å². The van der Waals surface area contributed by atoms with Crippen molar-refractivity contribution >= 4 is 29.6 Å². The molecule has 0 spiro atoms. The van der Waals surface area contributed by atoms with Crippen LogP contribution < -0.4 is 5.32 Å². The second-order valence-electron chi connectivity index (χ2n) is 4.20. The normalized spacial score (nSPS) is 11.8. The van der Waals surface area contributed by atoms with Gasteiger partial charge in [0.25, 0.3) is 5.91 Å². The number of thioether (sulfide) groups is 1. The summed E-state index contributed by atoms with van der Waals surface area (Å²) in [4.78, 5) is 42.0. The zero-order valence-electron chi connectivity index (χ0n) is 11.7. The van der Waals surface area contributed by atoms with E-state index in [1.54, 1.807) is 20.1 Å². The van der Waals surface area contributed by atoms with Gasteiger partial charge in [-0.25, -0.2) is 14.8 Å². The van der Waals surface area contributed by atoms with Gasteiger partial charge in [-0.3, -0.25) is 9.59 Å². The molecule has 1 heterocycles. The molecule has 0 aliphatic carbocycles. The molecular weight excluding hydrogens is 298 g/mol. The number of carboxylic acid groups (broad SMARTS) is 2. The van der Waals surface area contributed by atoms with E-state index in [0.29, 0.717) is 16.5 Å². The van der Waals surface area contributed by atoms with Gasteiger partial charge >= 0.3 is 11.9 Å². The molecule has 9 heteroatoms. The minimum absolute atomic E-state index is 0.157. The third-order valence-electron chi connectivity index (χ3n) is 2.57. The molecule has 0 saturated heterocycles. The lowest BCUT2D eigenvalue weighted by molar-refractivity contribution is -0.145. The Balaban J connectivity index is 3.08. The average molecular weight is 313 g/mol. The van der Waals surface area contributed by atoms with Crippen LogP contribution in [0.3, 0.4) is 0 Å². The summed E-state index contributed by atoms with van der Waals surface area (Å²) in [6, 6.07) is -1.51. The molecule has 8 nitrogen and oxygen atoms in total. The summed E-state index contributed by atoms with van der Waals surface area (Å²) in [7, 11) is 0. The maximum Gasteiger partial charge on any atom is 0.326 e. The summed E-state index contributed by atoms with van der Waals surface area (Å²) < 4.78 is 0. The summed E-state index contributed by atoms with van der Waals surface area (Å²) in [6.45, 7) is 3.29. The second kappa shape index (κ2) is 7.02. The number of aliphatic carboxylic acids is 2. The van der Waals surface area contributed by atoms with Gasteiger partial charge < -0.3 is 15.5 Å². The smallest absolute Gasteiger partial charge is 0.326 e. The summed E-state index contributed by atoms with van der Waals surface area (Å²) >= 11 is 1.23. The van der Waals surface area contributed by atoms with Crippen molar-refractivity contribution in [2.45, 2.75) is 31.3 Å². The van der Waals surface area contributed by atoms with Gasteiger partial charge in [-0.2, -0.15) is 0 Å². The Kier molecular flexibility index (Phi) is 5.65. The monoisotopic (exact) mass is 313 g/mol. The quantitative estimate of drug-likeness (QED) is 0.510. The highest BCUT2D eigenvalue weighted by atomic mass is 32.2. The van der Waals surface area contributed by atoms with Crippen LogP contribution in [0, 0.1) is 13.8 Å². The van der Waals surface area contributed by atoms with E-state index >= 15 is 0 Å². The van der Waals surface area contributed by atoms with Crippen LogP contribution in [0.4, 0.5) is 0 Å². The van der Waals surface area contributed by atoms with E-state index in [4.69, 9.17) is 10.2 Å². The van der Waals surface area contributed by atoms with Gasteiger partial charge in [-0.15, -0.1) is 11.8 Å². The van der Waals surface area contributed by atoms with Crippen molar-refractivity contribution in [3.05, 3.63) is 17.1 Å². The largest absolute Gasteiger partial charge is 0.481 e. The molecule has 21 heavy (non-hydrogen) atoms. The Labute approximate surface area is 125 Å². The van der Waals surface area contributed by atoms with Gasteiger partial charge in [0.05, 0.1) is 17.7 Å². The predicted octanol–water partition coefficient (Wildman–Crippen LogP) is 0.473. The molecule has 0 aromatic carbocycles. The van der Waals surface area contributed by atoms with Crippen LogP contribution in [-0.2, 0) is 9.59 Å². The van der Waals surface area contributed by atoms with Gasteiger partial charge in [-0.05, 0) is 20.1 Å². The number of hydrogen-bond donors (Lipinski definition) is 3. The van der Waals surface area contributed by atoms with Crippen molar-refractivity contribution in [1.29, 1.82) is 0 Å². The number of rotatable bonds is 6. The van der Waals surface area contributed by atoms with Crippen LogP contribution in [-0.4, -0.2) is 50.3 Å². The molecule has 0 unspecified atom stereocenters. The SMILES string of the molecule is CSc1nc(C)nc(C)c1C(=O)N[C@H](CC(=O)O)C(=O)O. The molecule has 0 fully saturated rings. The van der Waals surface area contributed by atoms with Crippen molar-refractivity contribution in [2.75, 3.05) is 6.26 Å². The standard InChI is InChI=1S/C12H15N3O5S/c1-5-9(11(21-3)14-6(2)13-5)10(18)15-7(12(19)20)4-8(16)17/h7H,4H2,1-3H3,(H,15,18)(H,16,17)(H,19,20)/t7-/m1/s1. The number of aryl methyl sites for hydroxylation is 2. The molecule has 0 aliphatic heterocycles. The molecular formula is C12H15N3O5S. The zero-order valence-corrected chi connectivity index (χ0v) is 12.5. The number of amides is 1. The van der Waals surface area contributed by atoms with Crippen LogP contribution in [0.25, 0.3) is 0 Å². The number of nitrogens with zero attached hydrogens (tertiary/aromatic N) is 2. The summed E-state index contributed by atoms with van der Waals surface area (Å²) in [5.41, 5.74) is 0.563. The maximum atomic E-state index is 12.2. The number of nitrogens with one attached hydrogen (secondary N) is 1. The van der Waals surface area contributed by atoms with E-state index in [2.05, 4.69) is 15.3 Å². The van der Waals surface area contributed by atoms with E-state index in [0.717, 1.165) is 0 Å². The lowest BCUT2D eigenvalue weighted by Crippen LogP contribution is -2.42. The van der Waals surface area contributed by atoms with Gasteiger partial charge in [-0.1, -0.05) is 0 Å². The Bertz CT molecular complexity index is 591. The number of hydrogen-bond acceptors (Lipinski definition) is 6. The lowest BCUT2D eigenvalue weighted by atomic mass is 10.1. The number of carbonyl (C=O) groups excluding carboxylic acids is 1. The molecule has 0 bridgehead atoms. The van der Waals surface area contributed by atoms with E-state index < -0.39 is 30.3 Å². The van der Waals surface area contributed by atoms with E-state index in [1.165, 1.54) is 11.8 Å². The second-order valence-corrected chi connectivity index (χ2v) is 5.00. The third-order valence-corrected chi connectivity index (χ3v) is 3.25. The maximum absolute atomic E-state index is 12.2. The number of aromatic nitrogens is 2. The van der Waals surface area contributed by atoms with Gasteiger partial charge in [0, 0.05) is 0 Å². The first-order valence-electron chi connectivity index (χ1n) is 5.91. The van der Waals surface area contributed by atoms with Gasteiger partial charge in [0.1, 0.15) is 16.9 Å². The molecule has 1 aromatic heterocycles. The van der Waals surface area contributed by atoms with E-state index in [9.17, 15) is 14.4 Å². The van der Waals surface area contributed by atoms with Crippen LogP contribution in [0.1, 0.15) is 28.3 Å². The van der Waals surface area contributed by atoms with Crippen molar-refractivity contribution in [3.63, 3.8) is 0 Å². The van der Waals surface area contributed by atoms with E-state index in [1.807, 2.05) is 0 Å². The molecule has 0 radical (unpaired) electrons. The Hall–Kier alpha value is -2.16. The first kappa shape index (κ1) is 16.9. The molecule has 1 aromatic rings. The van der Waals surface area contributed by atoms with Gasteiger partial charge in [0.15, 0.2) is 0 Å². The highest BCUT2D eigenvalue weighted by molar-refractivity contribution is 7.98. The highest BCUT2D eigenvalue weighted by Crippen LogP contribution is 2.20. The van der Waals surface area contributed by atoms with Crippen molar-refractivity contribution in [2.24, 2.45) is 0 Å². The van der Waals surface area contributed by atoms with Crippen LogP contribution >= 0.6 is 11.8 Å². The van der Waals surface area contributed by atoms with Crippen molar-refractivity contribution < 1.29 is 24.6 Å². The lowest BCUT2D eigenvalue weighted by Gasteiger charge is -2.15. The fourth-order valence-corrected chi connectivity index (χ4v) is 2.36. The molecule has 1 atom stereocenters. The molecule has 1 amide bonds. The Morgan fingerprint density at radius 3 is 2.33 bits per heavy atom. The Morgan fingerprint density at radius 2 is 1.86 bits per heavy atom. The first-order chi connectivity index (χ1) is 9.76. The topological polar surface area (TPSA) is 129 Å². The fraction of sp³-hybridized carbons (Fsp3) is 0.417. The van der Waals surface area contributed by atoms with Crippen LogP contribution in [0.15, 0.2) is 5.03 Å². The number of carboxylic acids is 2. The summed E-state index contributed by atoms with van der Waals surface area (Å²) in [5, 5.41) is 20.2. The predicted molar refractivity (Wildman–Crippen MR) is 74.4 cm³/mol. The number of carbonyl (C=O) groups is 3. The molecule has 3 N–H and O–H groups in total. The summed E-state index contributed by atoms with van der Waals surface area (Å²) in [5.74, 6) is -2.94. The first-order valence-corrected chi connectivity index (χ1v) is 7.13. The van der Waals surface area contributed by atoms with Crippen LogP contribution in [0.5, 0.6) is 0 Å². The van der Waals surface area contributed by atoms with E-state index in [-0.39, 0.29) is 5.56 Å². The molecule has 114 valence electrons. The minimum Gasteiger partial charge on any atom is -0.481 e. The third kappa shape index (κ3) is 4.42. The fourth-order valence-electron chi connectivity index (χ4n) is 1.70. The molecule has 1 rings (SSSR count).